The maximum Gasteiger partial charge on any atom is 0.295 e. The zero-order chi connectivity index (χ0) is 24.8. The van der Waals surface area contributed by atoms with Crippen molar-refractivity contribution in [1.82, 2.24) is 9.80 Å². The molecular formula is C27H33FN2O4. The number of nitrogens with zero attached hydrogens (tertiary/aromatic N) is 2. The van der Waals surface area contributed by atoms with Gasteiger partial charge in [-0.2, -0.15) is 0 Å². The van der Waals surface area contributed by atoms with Crippen molar-refractivity contribution in [2.24, 2.45) is 0 Å². The van der Waals surface area contributed by atoms with Crippen LogP contribution in [0.4, 0.5) is 4.39 Å². The Kier molecular flexibility index (Phi) is 8.45. The average molecular weight is 469 g/mol. The molecule has 1 N–H and O–H groups in total. The highest BCUT2D eigenvalue weighted by Crippen LogP contribution is 2.40. The van der Waals surface area contributed by atoms with Crippen LogP contribution in [0.15, 0.2) is 48.0 Å². The number of carbonyl (C=O) groups excluding carboxylic acids is 2. The lowest BCUT2D eigenvalue weighted by Gasteiger charge is -2.26. The Labute approximate surface area is 200 Å². The topological polar surface area (TPSA) is 70.1 Å². The summed E-state index contributed by atoms with van der Waals surface area (Å²) in [7, 11) is 3.87. The van der Waals surface area contributed by atoms with Gasteiger partial charge in [0, 0.05) is 12.1 Å². The molecule has 6 nitrogen and oxygen atoms in total. The molecule has 7 heteroatoms. The largest absolute Gasteiger partial charge is 0.507 e. The molecule has 1 aliphatic heterocycles. The molecule has 182 valence electrons. The van der Waals surface area contributed by atoms with Crippen molar-refractivity contribution < 1.29 is 23.8 Å². The summed E-state index contributed by atoms with van der Waals surface area (Å²) in [6.07, 6.45) is 2.62. The van der Waals surface area contributed by atoms with E-state index >= 15 is 0 Å². The zero-order valence-electron chi connectivity index (χ0n) is 20.3. The summed E-state index contributed by atoms with van der Waals surface area (Å²) in [5.41, 5.74) is 1.83. The van der Waals surface area contributed by atoms with E-state index in [2.05, 4.69) is 6.92 Å². The third-order valence-electron chi connectivity index (χ3n) is 5.93. The lowest BCUT2D eigenvalue weighted by Crippen LogP contribution is -2.32. The Morgan fingerprint density at radius 1 is 1.12 bits per heavy atom. The van der Waals surface area contributed by atoms with Gasteiger partial charge in [-0.25, -0.2) is 4.39 Å². The molecule has 1 amide bonds. The molecule has 0 radical (unpaired) electrons. The first-order chi connectivity index (χ1) is 16.2. The number of likely N-dealkylation sites (tertiary alicyclic amines) is 1. The normalized spacial score (nSPS) is 17.6. The van der Waals surface area contributed by atoms with Gasteiger partial charge in [-0.3, -0.25) is 9.59 Å². The van der Waals surface area contributed by atoms with Gasteiger partial charge in [0.1, 0.15) is 17.3 Å². The number of hydrogen-bond donors (Lipinski definition) is 1. The van der Waals surface area contributed by atoms with E-state index in [4.69, 9.17) is 4.74 Å². The second-order valence-electron chi connectivity index (χ2n) is 8.88. The second-order valence-corrected chi connectivity index (χ2v) is 8.88. The Balaban J connectivity index is 2.02. The van der Waals surface area contributed by atoms with Crippen LogP contribution in [-0.2, 0) is 9.59 Å². The minimum Gasteiger partial charge on any atom is -0.507 e. The van der Waals surface area contributed by atoms with Crippen LogP contribution in [0.3, 0.4) is 0 Å². The molecule has 0 unspecified atom stereocenters. The number of Topliss-reactive ketones (excluding diaryl/α,β-unsaturated/α-hetero) is 1. The highest BCUT2D eigenvalue weighted by molar-refractivity contribution is 6.46. The molecule has 0 bridgehead atoms. The van der Waals surface area contributed by atoms with Gasteiger partial charge in [-0.1, -0.05) is 25.5 Å². The van der Waals surface area contributed by atoms with Crippen molar-refractivity contribution in [2.75, 3.05) is 33.8 Å². The Morgan fingerprint density at radius 2 is 1.82 bits per heavy atom. The van der Waals surface area contributed by atoms with Gasteiger partial charge in [0.25, 0.3) is 11.7 Å². The van der Waals surface area contributed by atoms with Crippen molar-refractivity contribution >= 4 is 17.4 Å². The molecular weight excluding hydrogens is 435 g/mol. The number of halogens is 1. The molecule has 1 aliphatic rings. The van der Waals surface area contributed by atoms with E-state index in [-0.39, 0.29) is 11.3 Å². The molecule has 2 aromatic rings. The van der Waals surface area contributed by atoms with Crippen molar-refractivity contribution in [2.45, 2.75) is 39.2 Å². The smallest absolute Gasteiger partial charge is 0.295 e. The predicted molar refractivity (Wildman–Crippen MR) is 130 cm³/mol. The van der Waals surface area contributed by atoms with E-state index in [9.17, 15) is 19.1 Å². The molecule has 0 aromatic heterocycles. The molecule has 1 fully saturated rings. The second kappa shape index (κ2) is 11.3. The van der Waals surface area contributed by atoms with Gasteiger partial charge in [0.2, 0.25) is 0 Å². The molecule has 3 rings (SSSR count). The molecule has 34 heavy (non-hydrogen) atoms. The minimum atomic E-state index is -0.788. The molecule has 2 aromatic carbocycles. The molecule has 0 aliphatic carbocycles. The minimum absolute atomic E-state index is 0.0144. The fourth-order valence-corrected chi connectivity index (χ4v) is 4.10. The number of ether oxygens (including phenoxy) is 1. The molecule has 0 spiro atoms. The summed E-state index contributed by atoms with van der Waals surface area (Å²) in [5.74, 6) is -1.35. The maximum atomic E-state index is 13.6. The highest BCUT2D eigenvalue weighted by atomic mass is 19.1. The number of rotatable bonds is 10. The van der Waals surface area contributed by atoms with Crippen molar-refractivity contribution in [1.29, 1.82) is 0 Å². The average Bonchev–Trinajstić information content (AvgIpc) is 3.05. The van der Waals surface area contributed by atoms with E-state index in [1.165, 1.54) is 17.0 Å². The number of hydrogen-bond acceptors (Lipinski definition) is 5. The van der Waals surface area contributed by atoms with Crippen molar-refractivity contribution in [3.05, 3.63) is 70.5 Å². The Morgan fingerprint density at radius 3 is 2.44 bits per heavy atom. The van der Waals surface area contributed by atoms with Gasteiger partial charge in [0.05, 0.1) is 18.2 Å². The van der Waals surface area contributed by atoms with E-state index in [1.54, 1.807) is 30.3 Å². The van der Waals surface area contributed by atoms with Crippen molar-refractivity contribution in [3.63, 3.8) is 0 Å². The Hall–Kier alpha value is -3.19. The maximum absolute atomic E-state index is 13.6. The summed E-state index contributed by atoms with van der Waals surface area (Å²) < 4.78 is 19.4. The van der Waals surface area contributed by atoms with E-state index in [0.29, 0.717) is 36.4 Å². The quantitative estimate of drug-likeness (QED) is 0.237. The zero-order valence-corrected chi connectivity index (χ0v) is 20.3. The number of carbonyl (C=O) groups is 2. The van der Waals surface area contributed by atoms with Crippen LogP contribution in [0, 0.1) is 12.7 Å². The third kappa shape index (κ3) is 5.65. The third-order valence-corrected chi connectivity index (χ3v) is 5.93. The number of amides is 1. The number of unbranched alkanes of at least 4 members (excludes halogenated alkanes) is 1. The van der Waals surface area contributed by atoms with E-state index in [0.717, 1.165) is 24.9 Å². The van der Waals surface area contributed by atoms with Crippen LogP contribution < -0.4 is 4.74 Å². The van der Waals surface area contributed by atoms with Crippen molar-refractivity contribution in [3.8, 4) is 5.75 Å². The van der Waals surface area contributed by atoms with Crippen LogP contribution in [0.2, 0.25) is 0 Å². The molecule has 0 saturated carbocycles. The van der Waals surface area contributed by atoms with E-state index < -0.39 is 23.5 Å². The number of aryl methyl sites for hydroxylation is 1. The van der Waals surface area contributed by atoms with Crippen LogP contribution in [0.25, 0.3) is 5.76 Å². The van der Waals surface area contributed by atoms with Crippen LogP contribution in [0.1, 0.15) is 48.9 Å². The van der Waals surface area contributed by atoms with Crippen LogP contribution in [-0.4, -0.2) is 60.4 Å². The first-order valence-electron chi connectivity index (χ1n) is 11.7. The molecule has 1 atom stereocenters. The van der Waals surface area contributed by atoms with Gasteiger partial charge >= 0.3 is 0 Å². The first kappa shape index (κ1) is 25.4. The number of aliphatic hydroxyl groups is 1. The standard InChI is InChI=1S/C27H33FN2O4/c1-5-6-16-34-22-13-10-20(17-18(22)2)25(31)23-24(19-8-11-21(28)12-9-19)30(27(33)26(23)32)15-7-14-29(3)4/h8-13,17,24,31H,5-7,14-16H2,1-4H3/b25-23+/t24-/m0/s1. The van der Waals surface area contributed by atoms with Gasteiger partial charge in [0.15, 0.2) is 0 Å². The van der Waals surface area contributed by atoms with Gasteiger partial charge < -0.3 is 19.6 Å². The SMILES string of the molecule is CCCCOc1ccc(/C(O)=C2\C(=O)C(=O)N(CCCN(C)C)[C@H]2c2ccc(F)cc2)cc1C. The summed E-state index contributed by atoms with van der Waals surface area (Å²) in [5, 5.41) is 11.2. The van der Waals surface area contributed by atoms with Gasteiger partial charge in [-0.05, 0) is 81.9 Å². The van der Waals surface area contributed by atoms with Gasteiger partial charge in [-0.15, -0.1) is 0 Å². The highest BCUT2D eigenvalue weighted by Gasteiger charge is 2.45. The lowest BCUT2D eigenvalue weighted by atomic mass is 9.94. The number of aliphatic hydroxyl groups excluding tert-OH is 1. The molecule has 1 saturated heterocycles. The summed E-state index contributed by atoms with van der Waals surface area (Å²) in [6.45, 7) is 5.63. The first-order valence-corrected chi connectivity index (χ1v) is 11.7. The van der Waals surface area contributed by atoms with Crippen LogP contribution in [0.5, 0.6) is 5.75 Å². The fourth-order valence-electron chi connectivity index (χ4n) is 4.10. The van der Waals surface area contributed by atoms with E-state index in [1.807, 2.05) is 25.9 Å². The number of ketones is 1. The van der Waals surface area contributed by atoms with Crippen LogP contribution >= 0.6 is 0 Å². The summed E-state index contributed by atoms with van der Waals surface area (Å²) in [4.78, 5) is 29.5. The summed E-state index contributed by atoms with van der Waals surface area (Å²) in [6, 6.07) is 10.1. The number of benzene rings is 2. The molecule has 1 heterocycles. The monoisotopic (exact) mass is 468 g/mol. The Bertz CT molecular complexity index is 1060. The lowest BCUT2D eigenvalue weighted by molar-refractivity contribution is -0.139. The fraction of sp³-hybridized carbons (Fsp3) is 0.407. The summed E-state index contributed by atoms with van der Waals surface area (Å²) >= 11 is 0. The predicted octanol–water partition coefficient (Wildman–Crippen LogP) is 4.69.